The Kier molecular flexibility index (Phi) is 5.09. The van der Waals surface area contributed by atoms with Crippen molar-refractivity contribution < 1.29 is 4.79 Å². The van der Waals surface area contributed by atoms with Crippen LogP contribution >= 0.6 is 0 Å². The average Bonchev–Trinajstić information content (AvgIpc) is 2.73. The lowest BCUT2D eigenvalue weighted by molar-refractivity contribution is -0.129. The zero-order valence-corrected chi connectivity index (χ0v) is 10.3. The Morgan fingerprint density at radius 1 is 1.53 bits per heavy atom. The molecule has 0 aromatic rings. The number of nitrogens with zero attached hydrogens (tertiary/aromatic N) is 1. The molecule has 1 N–H and O–H groups in total. The van der Waals surface area contributed by atoms with Gasteiger partial charge in [-0.25, -0.2) is 0 Å². The summed E-state index contributed by atoms with van der Waals surface area (Å²) < 4.78 is 0. The van der Waals surface area contributed by atoms with Crippen molar-refractivity contribution in [3.05, 3.63) is 0 Å². The van der Waals surface area contributed by atoms with Gasteiger partial charge in [0.25, 0.3) is 0 Å². The third-order valence-electron chi connectivity index (χ3n) is 3.30. The third-order valence-corrected chi connectivity index (χ3v) is 3.30. The van der Waals surface area contributed by atoms with Crippen LogP contribution in [0.25, 0.3) is 0 Å². The normalized spacial score (nSPS) is 23.1. The van der Waals surface area contributed by atoms with Gasteiger partial charge in [0, 0.05) is 25.6 Å². The molecule has 0 bridgehead atoms. The summed E-state index contributed by atoms with van der Waals surface area (Å²) in [5.41, 5.74) is 0. The summed E-state index contributed by atoms with van der Waals surface area (Å²) in [5, 5.41) is 3.55. The van der Waals surface area contributed by atoms with Crippen LogP contribution in [0.4, 0.5) is 0 Å². The highest BCUT2D eigenvalue weighted by molar-refractivity contribution is 5.76. The summed E-state index contributed by atoms with van der Waals surface area (Å²) in [5.74, 6) is 1.03. The molecule has 0 radical (unpaired) electrons. The summed E-state index contributed by atoms with van der Waals surface area (Å²) >= 11 is 0. The van der Waals surface area contributed by atoms with Crippen molar-refractivity contribution in [3.63, 3.8) is 0 Å². The third kappa shape index (κ3) is 3.82. The van der Waals surface area contributed by atoms with Crippen LogP contribution in [-0.2, 0) is 4.79 Å². The number of rotatable bonds is 5. The summed E-state index contributed by atoms with van der Waals surface area (Å²) in [6, 6.07) is 0.523. The van der Waals surface area contributed by atoms with E-state index in [0.717, 1.165) is 32.0 Å². The molecule has 0 spiro atoms. The molecular weight excluding hydrogens is 188 g/mol. The molecule has 0 aliphatic carbocycles. The lowest BCUT2D eigenvalue weighted by atomic mass is 10.1. The van der Waals surface area contributed by atoms with Crippen molar-refractivity contribution in [2.75, 3.05) is 19.6 Å². The Morgan fingerprint density at radius 2 is 2.27 bits per heavy atom. The molecule has 1 aliphatic heterocycles. The number of hydrogen-bond donors (Lipinski definition) is 1. The second kappa shape index (κ2) is 6.11. The fourth-order valence-corrected chi connectivity index (χ4v) is 1.89. The Hall–Kier alpha value is -0.570. The number of carbonyl (C=O) groups is 1. The molecule has 0 aromatic carbocycles. The summed E-state index contributed by atoms with van der Waals surface area (Å²) in [6.45, 7) is 9.33. The monoisotopic (exact) mass is 212 g/mol. The Labute approximate surface area is 93.2 Å². The lowest BCUT2D eigenvalue weighted by Crippen LogP contribution is -2.36. The van der Waals surface area contributed by atoms with Crippen molar-refractivity contribution in [3.8, 4) is 0 Å². The van der Waals surface area contributed by atoms with Gasteiger partial charge in [0.05, 0.1) is 0 Å². The van der Waals surface area contributed by atoms with E-state index in [1.807, 2.05) is 11.8 Å². The first-order valence-electron chi connectivity index (χ1n) is 6.18. The predicted molar refractivity (Wildman–Crippen MR) is 62.7 cm³/mol. The minimum absolute atomic E-state index is 0.294. The van der Waals surface area contributed by atoms with Gasteiger partial charge in [0.2, 0.25) is 5.91 Å². The summed E-state index contributed by atoms with van der Waals surface area (Å²) in [6.07, 6.45) is 2.97. The van der Waals surface area contributed by atoms with Gasteiger partial charge >= 0.3 is 0 Å². The number of hydrogen-bond acceptors (Lipinski definition) is 2. The highest BCUT2D eigenvalue weighted by atomic mass is 16.2. The maximum Gasteiger partial charge on any atom is 0.222 e. The van der Waals surface area contributed by atoms with Crippen LogP contribution in [0.1, 0.15) is 40.0 Å². The van der Waals surface area contributed by atoms with E-state index in [2.05, 4.69) is 19.2 Å². The minimum Gasteiger partial charge on any atom is -0.341 e. The van der Waals surface area contributed by atoms with Crippen LogP contribution in [-0.4, -0.2) is 36.5 Å². The Morgan fingerprint density at radius 3 is 2.87 bits per heavy atom. The molecule has 0 aromatic heterocycles. The van der Waals surface area contributed by atoms with E-state index < -0.39 is 0 Å². The van der Waals surface area contributed by atoms with E-state index >= 15 is 0 Å². The largest absolute Gasteiger partial charge is 0.341 e. The van der Waals surface area contributed by atoms with E-state index in [4.69, 9.17) is 0 Å². The van der Waals surface area contributed by atoms with E-state index in [9.17, 15) is 4.79 Å². The maximum atomic E-state index is 11.5. The van der Waals surface area contributed by atoms with Crippen LogP contribution in [0.2, 0.25) is 0 Å². The molecule has 2 unspecified atom stereocenters. The lowest BCUT2D eigenvalue weighted by Gasteiger charge is -2.17. The number of carbonyl (C=O) groups excluding carboxylic acids is 1. The first-order chi connectivity index (χ1) is 7.17. The highest BCUT2D eigenvalue weighted by Crippen LogP contribution is 2.11. The molecule has 15 heavy (non-hydrogen) atoms. The molecule has 0 saturated carbocycles. The molecule has 1 heterocycles. The van der Waals surface area contributed by atoms with Crippen LogP contribution in [0.3, 0.4) is 0 Å². The SMILES string of the molecule is CCC(=O)N1CCC(NCC(C)CC)C1. The van der Waals surface area contributed by atoms with Crippen LogP contribution < -0.4 is 5.32 Å². The zero-order valence-electron chi connectivity index (χ0n) is 10.3. The minimum atomic E-state index is 0.294. The van der Waals surface area contributed by atoms with Gasteiger partial charge in [-0.15, -0.1) is 0 Å². The molecule has 2 atom stereocenters. The molecule has 3 heteroatoms. The van der Waals surface area contributed by atoms with Crippen molar-refractivity contribution in [1.82, 2.24) is 10.2 Å². The van der Waals surface area contributed by atoms with Crippen LogP contribution in [0, 0.1) is 5.92 Å². The molecule has 1 amide bonds. The first-order valence-corrected chi connectivity index (χ1v) is 6.18. The maximum absolute atomic E-state index is 11.5. The topological polar surface area (TPSA) is 32.3 Å². The molecule has 1 saturated heterocycles. The summed E-state index contributed by atoms with van der Waals surface area (Å²) in [4.78, 5) is 13.4. The van der Waals surface area contributed by atoms with Crippen molar-refractivity contribution in [1.29, 1.82) is 0 Å². The number of amides is 1. The molecular formula is C12H24N2O. The number of likely N-dealkylation sites (tertiary alicyclic amines) is 1. The van der Waals surface area contributed by atoms with Crippen LogP contribution in [0.15, 0.2) is 0 Å². The van der Waals surface area contributed by atoms with E-state index in [0.29, 0.717) is 18.4 Å². The fourth-order valence-electron chi connectivity index (χ4n) is 1.89. The second-order valence-electron chi connectivity index (χ2n) is 4.60. The van der Waals surface area contributed by atoms with Gasteiger partial charge in [-0.2, -0.15) is 0 Å². The zero-order chi connectivity index (χ0) is 11.3. The fraction of sp³-hybridized carbons (Fsp3) is 0.917. The number of nitrogens with one attached hydrogen (secondary N) is 1. The molecule has 3 nitrogen and oxygen atoms in total. The van der Waals surface area contributed by atoms with Crippen molar-refractivity contribution in [2.24, 2.45) is 5.92 Å². The van der Waals surface area contributed by atoms with Gasteiger partial charge in [-0.1, -0.05) is 27.2 Å². The molecule has 1 aliphatic rings. The molecule has 1 fully saturated rings. The van der Waals surface area contributed by atoms with Gasteiger partial charge in [-0.3, -0.25) is 4.79 Å². The molecule has 1 rings (SSSR count). The smallest absolute Gasteiger partial charge is 0.222 e. The quantitative estimate of drug-likeness (QED) is 0.751. The summed E-state index contributed by atoms with van der Waals surface area (Å²) in [7, 11) is 0. The van der Waals surface area contributed by atoms with Gasteiger partial charge in [0.15, 0.2) is 0 Å². The Balaban J connectivity index is 2.22. The second-order valence-corrected chi connectivity index (χ2v) is 4.60. The van der Waals surface area contributed by atoms with Gasteiger partial charge < -0.3 is 10.2 Å². The van der Waals surface area contributed by atoms with E-state index in [1.54, 1.807) is 0 Å². The standard InChI is InChI=1S/C12H24N2O/c1-4-10(3)8-13-11-6-7-14(9-11)12(15)5-2/h10-11,13H,4-9H2,1-3H3. The average molecular weight is 212 g/mol. The van der Waals surface area contributed by atoms with Crippen LogP contribution in [0.5, 0.6) is 0 Å². The van der Waals surface area contributed by atoms with Gasteiger partial charge in [0.1, 0.15) is 0 Å². The Bertz CT molecular complexity index is 206. The highest BCUT2D eigenvalue weighted by Gasteiger charge is 2.24. The van der Waals surface area contributed by atoms with E-state index in [-0.39, 0.29) is 0 Å². The van der Waals surface area contributed by atoms with Gasteiger partial charge in [-0.05, 0) is 18.9 Å². The predicted octanol–water partition coefficient (Wildman–Crippen LogP) is 1.63. The molecule has 88 valence electrons. The van der Waals surface area contributed by atoms with E-state index in [1.165, 1.54) is 6.42 Å². The first kappa shape index (κ1) is 12.5. The van der Waals surface area contributed by atoms with Crippen molar-refractivity contribution in [2.45, 2.75) is 46.1 Å². The van der Waals surface area contributed by atoms with Crippen molar-refractivity contribution >= 4 is 5.91 Å².